The molecule has 7 nitrogen and oxygen atoms in total. The van der Waals surface area contributed by atoms with Gasteiger partial charge in [-0.3, -0.25) is 9.59 Å². The lowest BCUT2D eigenvalue weighted by atomic mass is 10.1. The first-order valence-corrected chi connectivity index (χ1v) is 12.4. The van der Waals surface area contributed by atoms with Crippen LogP contribution in [0.15, 0.2) is 106 Å². The lowest BCUT2D eigenvalue weighted by molar-refractivity contribution is -0.113. The highest BCUT2D eigenvalue weighted by atomic mass is 32.2. The molecule has 0 unspecified atom stereocenters. The van der Waals surface area contributed by atoms with Crippen molar-refractivity contribution >= 4 is 35.3 Å². The van der Waals surface area contributed by atoms with E-state index in [1.807, 2.05) is 42.5 Å². The lowest BCUT2D eigenvalue weighted by Gasteiger charge is -2.13. The molecule has 0 fully saturated rings. The largest absolute Gasteiger partial charge is 0.493 e. The number of carbonyl (C=O) groups excluding carboxylic acids is 2. The fourth-order valence-electron chi connectivity index (χ4n) is 3.41. The number of hydrogen-bond acceptors (Lipinski definition) is 6. The Morgan fingerprint density at radius 3 is 2.32 bits per heavy atom. The van der Waals surface area contributed by atoms with Gasteiger partial charge in [0.2, 0.25) is 0 Å². The second kappa shape index (κ2) is 12.5. The van der Waals surface area contributed by atoms with E-state index in [1.165, 1.54) is 31.5 Å². The molecule has 1 aromatic heterocycles. The van der Waals surface area contributed by atoms with Crippen molar-refractivity contribution in [2.45, 2.75) is 10.6 Å². The van der Waals surface area contributed by atoms with Crippen molar-refractivity contribution < 1.29 is 23.5 Å². The molecule has 37 heavy (non-hydrogen) atoms. The van der Waals surface area contributed by atoms with Gasteiger partial charge in [-0.15, -0.1) is 11.8 Å². The molecular weight excluding hydrogens is 488 g/mol. The zero-order valence-corrected chi connectivity index (χ0v) is 21.2. The van der Waals surface area contributed by atoms with E-state index < -0.39 is 11.8 Å². The highest BCUT2D eigenvalue weighted by Gasteiger charge is 2.17. The number of benzene rings is 3. The molecule has 2 N–H and O–H groups in total. The topological polar surface area (TPSA) is 89.8 Å². The SMILES string of the molecule is COc1ccc(C(=O)N/C(=C\c2ccco2)C(=O)Nc2ccc(CSc3ccccc3)cc2)cc1OC. The van der Waals surface area contributed by atoms with Gasteiger partial charge in [-0.25, -0.2) is 0 Å². The molecule has 0 saturated carbocycles. The zero-order valence-electron chi connectivity index (χ0n) is 20.4. The molecule has 2 amide bonds. The van der Waals surface area contributed by atoms with E-state index in [2.05, 4.69) is 22.8 Å². The van der Waals surface area contributed by atoms with E-state index in [9.17, 15) is 9.59 Å². The minimum absolute atomic E-state index is 0.0263. The summed E-state index contributed by atoms with van der Waals surface area (Å²) in [5.74, 6) is 1.16. The highest BCUT2D eigenvalue weighted by Crippen LogP contribution is 2.28. The third kappa shape index (κ3) is 7.05. The van der Waals surface area contributed by atoms with Crippen LogP contribution in [-0.4, -0.2) is 26.0 Å². The van der Waals surface area contributed by atoms with E-state index in [-0.39, 0.29) is 5.70 Å². The van der Waals surface area contributed by atoms with Crippen LogP contribution in [0, 0.1) is 0 Å². The number of amides is 2. The fourth-order valence-corrected chi connectivity index (χ4v) is 4.29. The Kier molecular flexibility index (Phi) is 8.67. The van der Waals surface area contributed by atoms with E-state index >= 15 is 0 Å². The fraction of sp³-hybridized carbons (Fsp3) is 0.103. The first-order chi connectivity index (χ1) is 18.1. The van der Waals surface area contributed by atoms with Crippen molar-refractivity contribution in [3.8, 4) is 11.5 Å². The maximum Gasteiger partial charge on any atom is 0.272 e. The zero-order chi connectivity index (χ0) is 26.0. The Labute approximate surface area is 219 Å². The third-order valence-electron chi connectivity index (χ3n) is 5.33. The van der Waals surface area contributed by atoms with Crippen molar-refractivity contribution in [2.75, 3.05) is 19.5 Å². The molecule has 4 rings (SSSR count). The van der Waals surface area contributed by atoms with E-state index in [0.717, 1.165) is 11.3 Å². The Balaban J connectivity index is 1.46. The monoisotopic (exact) mass is 514 g/mol. The lowest BCUT2D eigenvalue weighted by Crippen LogP contribution is -2.30. The maximum atomic E-state index is 13.1. The van der Waals surface area contributed by atoms with Gasteiger partial charge < -0.3 is 24.5 Å². The molecule has 1 heterocycles. The minimum Gasteiger partial charge on any atom is -0.493 e. The second-order valence-corrected chi connectivity index (χ2v) is 8.90. The third-order valence-corrected chi connectivity index (χ3v) is 6.41. The quantitative estimate of drug-likeness (QED) is 0.199. The molecule has 188 valence electrons. The molecule has 4 aromatic rings. The Hall–Kier alpha value is -4.43. The standard InChI is InChI=1S/C29H26N2O5S/c1-34-26-15-12-21(17-27(26)35-2)28(32)31-25(18-23-7-6-16-36-23)29(33)30-22-13-10-20(11-14-22)19-37-24-8-4-3-5-9-24/h3-18H,19H2,1-2H3,(H,30,33)(H,31,32)/b25-18-. The van der Waals surface area contributed by atoms with Crippen molar-refractivity contribution in [2.24, 2.45) is 0 Å². The summed E-state index contributed by atoms with van der Waals surface area (Å²) in [5.41, 5.74) is 2.05. The number of nitrogens with one attached hydrogen (secondary N) is 2. The summed E-state index contributed by atoms with van der Waals surface area (Å²) in [6.45, 7) is 0. The van der Waals surface area contributed by atoms with Gasteiger partial charge in [-0.05, 0) is 60.2 Å². The first kappa shape index (κ1) is 25.7. The smallest absolute Gasteiger partial charge is 0.272 e. The number of carbonyl (C=O) groups is 2. The number of anilines is 1. The number of rotatable bonds is 10. The van der Waals surface area contributed by atoms with Gasteiger partial charge in [0.25, 0.3) is 11.8 Å². The molecule has 0 radical (unpaired) electrons. The minimum atomic E-state index is -0.489. The summed E-state index contributed by atoms with van der Waals surface area (Å²) in [4.78, 5) is 27.3. The first-order valence-electron chi connectivity index (χ1n) is 11.4. The molecule has 8 heteroatoms. The normalized spacial score (nSPS) is 11.0. The van der Waals surface area contributed by atoms with Crippen LogP contribution in [-0.2, 0) is 10.5 Å². The Morgan fingerprint density at radius 2 is 1.65 bits per heavy atom. The van der Waals surface area contributed by atoms with Gasteiger partial charge in [0, 0.05) is 28.0 Å². The molecule has 3 aromatic carbocycles. The number of methoxy groups -OCH3 is 2. The van der Waals surface area contributed by atoms with Gasteiger partial charge in [0.05, 0.1) is 20.5 Å². The molecule has 0 saturated heterocycles. The predicted octanol–water partition coefficient (Wildman–Crippen LogP) is 6.00. The Morgan fingerprint density at radius 1 is 0.892 bits per heavy atom. The Bertz CT molecular complexity index is 1370. The number of hydrogen-bond donors (Lipinski definition) is 2. The predicted molar refractivity (Wildman–Crippen MR) is 145 cm³/mol. The second-order valence-electron chi connectivity index (χ2n) is 7.85. The number of ether oxygens (including phenoxy) is 2. The van der Waals surface area contributed by atoms with Gasteiger partial charge in [0.1, 0.15) is 11.5 Å². The van der Waals surface area contributed by atoms with Crippen LogP contribution in [0.25, 0.3) is 6.08 Å². The summed E-state index contributed by atoms with van der Waals surface area (Å²) in [7, 11) is 3.00. The van der Waals surface area contributed by atoms with Crippen LogP contribution in [0.3, 0.4) is 0 Å². The number of furan rings is 1. The van der Waals surface area contributed by atoms with Crippen molar-refractivity contribution in [1.82, 2.24) is 5.32 Å². The number of thioether (sulfide) groups is 1. The molecule has 0 spiro atoms. The van der Waals surface area contributed by atoms with Crippen molar-refractivity contribution in [3.05, 3.63) is 114 Å². The molecule has 0 atom stereocenters. The van der Waals surface area contributed by atoms with E-state index in [4.69, 9.17) is 13.9 Å². The average Bonchev–Trinajstić information content (AvgIpc) is 3.45. The summed E-state index contributed by atoms with van der Waals surface area (Å²) in [6.07, 6.45) is 2.96. The molecule has 0 aliphatic heterocycles. The highest BCUT2D eigenvalue weighted by molar-refractivity contribution is 7.98. The molecule has 0 aliphatic carbocycles. The van der Waals surface area contributed by atoms with E-state index in [0.29, 0.717) is 28.5 Å². The van der Waals surface area contributed by atoms with Crippen LogP contribution >= 0.6 is 11.8 Å². The van der Waals surface area contributed by atoms with Crippen LogP contribution in [0.5, 0.6) is 11.5 Å². The summed E-state index contributed by atoms with van der Waals surface area (Å²) >= 11 is 1.74. The van der Waals surface area contributed by atoms with Crippen LogP contribution in [0.4, 0.5) is 5.69 Å². The average molecular weight is 515 g/mol. The summed E-state index contributed by atoms with van der Waals surface area (Å²) in [6, 6.07) is 25.9. The van der Waals surface area contributed by atoms with Gasteiger partial charge in [-0.2, -0.15) is 0 Å². The van der Waals surface area contributed by atoms with Gasteiger partial charge in [-0.1, -0.05) is 30.3 Å². The van der Waals surface area contributed by atoms with Crippen LogP contribution < -0.4 is 20.1 Å². The molecular formula is C29H26N2O5S. The molecule has 0 aliphatic rings. The van der Waals surface area contributed by atoms with Crippen molar-refractivity contribution in [3.63, 3.8) is 0 Å². The van der Waals surface area contributed by atoms with Crippen LogP contribution in [0.1, 0.15) is 21.7 Å². The maximum absolute atomic E-state index is 13.1. The van der Waals surface area contributed by atoms with Crippen molar-refractivity contribution in [1.29, 1.82) is 0 Å². The molecule has 0 bridgehead atoms. The summed E-state index contributed by atoms with van der Waals surface area (Å²) < 4.78 is 15.9. The van der Waals surface area contributed by atoms with Crippen LogP contribution in [0.2, 0.25) is 0 Å². The van der Waals surface area contributed by atoms with E-state index in [1.54, 1.807) is 42.1 Å². The van der Waals surface area contributed by atoms with Gasteiger partial charge >= 0.3 is 0 Å². The van der Waals surface area contributed by atoms with Gasteiger partial charge in [0.15, 0.2) is 11.5 Å². The summed E-state index contributed by atoms with van der Waals surface area (Å²) in [5, 5.41) is 5.52.